The molecule has 0 aromatic rings. The van der Waals surface area contributed by atoms with Crippen molar-refractivity contribution in [3.05, 3.63) is 0 Å². The molecule has 0 bridgehead atoms. The number of likely N-dealkylation sites (tertiary alicyclic amines) is 1. The van der Waals surface area contributed by atoms with Gasteiger partial charge in [0.1, 0.15) is 0 Å². The molecule has 0 aromatic heterocycles. The monoisotopic (exact) mass is 355 g/mol. The highest BCUT2D eigenvalue weighted by molar-refractivity contribution is 7.88. The zero-order valence-electron chi connectivity index (χ0n) is 13.8. The second-order valence-electron chi connectivity index (χ2n) is 6.07. The Hall–Kier alpha value is -0.370. The van der Waals surface area contributed by atoms with E-state index in [1.54, 1.807) is 0 Å². The molecule has 1 fully saturated rings. The number of carbonyl (C=O) groups excluding carboxylic acids is 1. The van der Waals surface area contributed by atoms with Crippen molar-refractivity contribution >= 4 is 28.3 Å². The molecule has 132 valence electrons. The summed E-state index contributed by atoms with van der Waals surface area (Å²) in [6, 6.07) is 0. The summed E-state index contributed by atoms with van der Waals surface area (Å²) >= 11 is 0. The van der Waals surface area contributed by atoms with Crippen molar-refractivity contribution in [1.29, 1.82) is 0 Å². The van der Waals surface area contributed by atoms with Crippen LogP contribution in [0.1, 0.15) is 39.5 Å². The lowest BCUT2D eigenvalue weighted by Crippen LogP contribution is -2.51. The van der Waals surface area contributed by atoms with Crippen LogP contribution >= 0.6 is 12.4 Å². The number of carbonyl (C=O) groups is 1. The zero-order chi connectivity index (χ0) is 16.1. The van der Waals surface area contributed by atoms with Crippen LogP contribution < -0.4 is 10.5 Å². The van der Waals surface area contributed by atoms with Gasteiger partial charge in [0.2, 0.25) is 15.9 Å². The van der Waals surface area contributed by atoms with Gasteiger partial charge in [-0.2, -0.15) is 0 Å². The Balaban J connectivity index is 0.00000441. The van der Waals surface area contributed by atoms with E-state index < -0.39 is 15.4 Å². The predicted molar refractivity (Wildman–Crippen MR) is 91.5 cm³/mol. The second-order valence-corrected chi connectivity index (χ2v) is 7.90. The topological polar surface area (TPSA) is 92.5 Å². The van der Waals surface area contributed by atoms with Gasteiger partial charge >= 0.3 is 0 Å². The number of nitrogens with zero attached hydrogens (tertiary/aromatic N) is 1. The Morgan fingerprint density at radius 1 is 1.36 bits per heavy atom. The first-order chi connectivity index (χ1) is 9.78. The Labute approximate surface area is 140 Å². The maximum atomic E-state index is 12.8. The minimum Gasteiger partial charge on any atom is -0.342 e. The number of hydrogen-bond acceptors (Lipinski definition) is 4. The van der Waals surface area contributed by atoms with Gasteiger partial charge in [-0.1, -0.05) is 13.8 Å². The van der Waals surface area contributed by atoms with Crippen LogP contribution in [0.25, 0.3) is 0 Å². The van der Waals surface area contributed by atoms with Gasteiger partial charge in [-0.3, -0.25) is 4.79 Å². The molecule has 1 saturated heterocycles. The maximum Gasteiger partial charge on any atom is 0.230 e. The third-order valence-corrected chi connectivity index (χ3v) is 5.33. The summed E-state index contributed by atoms with van der Waals surface area (Å²) in [5, 5.41) is 0. The van der Waals surface area contributed by atoms with Crippen LogP contribution in [0.3, 0.4) is 0 Å². The summed E-state index contributed by atoms with van der Waals surface area (Å²) < 4.78 is 24.9. The van der Waals surface area contributed by atoms with Crippen LogP contribution in [-0.4, -0.2) is 51.7 Å². The molecule has 1 atom stereocenters. The van der Waals surface area contributed by atoms with Crippen LogP contribution in [0.4, 0.5) is 0 Å². The lowest BCUT2D eigenvalue weighted by atomic mass is 9.80. The largest absolute Gasteiger partial charge is 0.342 e. The fraction of sp³-hybridized carbons (Fsp3) is 0.929. The van der Waals surface area contributed by atoms with Crippen LogP contribution in [0.5, 0.6) is 0 Å². The molecule has 1 heterocycles. The van der Waals surface area contributed by atoms with Crippen LogP contribution in [0.15, 0.2) is 0 Å². The fourth-order valence-electron chi connectivity index (χ4n) is 2.95. The highest BCUT2D eigenvalue weighted by Crippen LogP contribution is 2.30. The van der Waals surface area contributed by atoms with E-state index >= 15 is 0 Å². The quantitative estimate of drug-likeness (QED) is 0.711. The van der Waals surface area contributed by atoms with Crippen LogP contribution in [-0.2, 0) is 14.8 Å². The van der Waals surface area contributed by atoms with Gasteiger partial charge in [0.05, 0.1) is 11.7 Å². The van der Waals surface area contributed by atoms with Gasteiger partial charge in [0, 0.05) is 26.2 Å². The molecule has 22 heavy (non-hydrogen) atoms. The van der Waals surface area contributed by atoms with Gasteiger partial charge in [-0.05, 0) is 31.6 Å². The van der Waals surface area contributed by atoms with Crippen molar-refractivity contribution < 1.29 is 13.2 Å². The standard InChI is InChI=1S/C14H29N3O3S.ClH/c1-4-14(5-2,11-15)13(18)17-8-6-7-12(10-17)9-16-21(3,19)20;/h12,16H,4-11,15H2,1-3H3;1H. The van der Waals surface area contributed by atoms with Crippen molar-refractivity contribution in [1.82, 2.24) is 9.62 Å². The Bertz CT molecular complexity index is 444. The molecule has 1 unspecified atom stereocenters. The van der Waals surface area contributed by atoms with E-state index in [9.17, 15) is 13.2 Å². The second kappa shape index (κ2) is 9.05. The SMILES string of the molecule is CCC(CC)(CN)C(=O)N1CCCC(CNS(C)(=O)=O)C1.Cl. The highest BCUT2D eigenvalue weighted by Gasteiger charge is 2.38. The van der Waals surface area contributed by atoms with E-state index in [1.807, 2.05) is 18.7 Å². The molecule has 0 spiro atoms. The molecule has 6 nitrogen and oxygen atoms in total. The Morgan fingerprint density at radius 2 is 1.95 bits per heavy atom. The van der Waals surface area contributed by atoms with Gasteiger partial charge < -0.3 is 10.6 Å². The summed E-state index contributed by atoms with van der Waals surface area (Å²) in [7, 11) is -3.18. The highest BCUT2D eigenvalue weighted by atomic mass is 35.5. The summed E-state index contributed by atoms with van der Waals surface area (Å²) in [5.41, 5.74) is 5.38. The van der Waals surface area contributed by atoms with Crippen molar-refractivity contribution in [2.75, 3.05) is 32.4 Å². The van der Waals surface area contributed by atoms with E-state index in [0.717, 1.165) is 38.5 Å². The van der Waals surface area contributed by atoms with E-state index in [1.165, 1.54) is 0 Å². The first-order valence-corrected chi connectivity index (χ1v) is 9.61. The molecular weight excluding hydrogens is 326 g/mol. The molecule has 0 saturated carbocycles. The first kappa shape index (κ1) is 21.6. The van der Waals surface area contributed by atoms with Gasteiger partial charge in [0.15, 0.2) is 0 Å². The molecule has 1 aliphatic rings. The number of nitrogens with two attached hydrogens (primary N) is 1. The molecule has 8 heteroatoms. The van der Waals surface area contributed by atoms with Crippen molar-refractivity contribution in [3.8, 4) is 0 Å². The van der Waals surface area contributed by atoms with Crippen molar-refractivity contribution in [2.45, 2.75) is 39.5 Å². The summed E-state index contributed by atoms with van der Waals surface area (Å²) in [6.07, 6.45) is 4.49. The minimum absolute atomic E-state index is 0. The van der Waals surface area contributed by atoms with E-state index in [2.05, 4.69) is 4.72 Å². The molecule has 3 N–H and O–H groups in total. The third-order valence-electron chi connectivity index (χ3n) is 4.64. The normalized spacial score (nSPS) is 19.6. The zero-order valence-corrected chi connectivity index (χ0v) is 15.4. The Kier molecular flexibility index (Phi) is 8.90. The summed E-state index contributed by atoms with van der Waals surface area (Å²) in [6.45, 7) is 6.12. The lowest BCUT2D eigenvalue weighted by Gasteiger charge is -2.39. The molecular formula is C14H30ClN3O3S. The molecule has 0 radical (unpaired) electrons. The van der Waals surface area contributed by atoms with Gasteiger partial charge in [0.25, 0.3) is 0 Å². The van der Waals surface area contributed by atoms with E-state index in [0.29, 0.717) is 19.6 Å². The summed E-state index contributed by atoms with van der Waals surface area (Å²) in [5.74, 6) is 0.306. The third kappa shape index (κ3) is 5.68. The molecule has 1 rings (SSSR count). The van der Waals surface area contributed by atoms with Crippen molar-refractivity contribution in [2.24, 2.45) is 17.1 Å². The van der Waals surface area contributed by atoms with Crippen LogP contribution in [0.2, 0.25) is 0 Å². The summed E-state index contributed by atoms with van der Waals surface area (Å²) in [4.78, 5) is 14.6. The molecule has 1 amide bonds. The number of sulfonamides is 1. The number of rotatable bonds is 7. The van der Waals surface area contributed by atoms with Gasteiger partial charge in [-0.25, -0.2) is 13.1 Å². The fourth-order valence-corrected chi connectivity index (χ4v) is 3.49. The molecule has 0 aromatic carbocycles. The predicted octanol–water partition coefficient (Wildman–Crippen LogP) is 0.961. The minimum atomic E-state index is -3.18. The number of halogens is 1. The number of hydrogen-bond donors (Lipinski definition) is 2. The van der Waals surface area contributed by atoms with E-state index in [4.69, 9.17) is 5.73 Å². The average Bonchev–Trinajstić information content (AvgIpc) is 2.47. The average molecular weight is 356 g/mol. The molecule has 0 aliphatic carbocycles. The van der Waals surface area contributed by atoms with Gasteiger partial charge in [-0.15, -0.1) is 12.4 Å². The smallest absolute Gasteiger partial charge is 0.230 e. The lowest BCUT2D eigenvalue weighted by molar-refractivity contribution is -0.144. The molecule has 1 aliphatic heterocycles. The maximum absolute atomic E-state index is 12.8. The van der Waals surface area contributed by atoms with Crippen LogP contribution in [0, 0.1) is 11.3 Å². The first-order valence-electron chi connectivity index (χ1n) is 7.72. The van der Waals surface area contributed by atoms with E-state index in [-0.39, 0.29) is 24.2 Å². The number of piperidine rings is 1. The van der Waals surface area contributed by atoms with Crippen molar-refractivity contribution in [3.63, 3.8) is 0 Å². The Morgan fingerprint density at radius 3 is 2.41 bits per heavy atom. The number of nitrogens with one attached hydrogen (secondary N) is 1. The number of amides is 1.